The van der Waals surface area contributed by atoms with Crippen molar-refractivity contribution in [3.63, 3.8) is 0 Å². The van der Waals surface area contributed by atoms with E-state index in [2.05, 4.69) is 28.2 Å². The molecular weight excluding hydrogens is 324 g/mol. The van der Waals surface area contributed by atoms with Crippen molar-refractivity contribution < 1.29 is 9.72 Å². The Labute approximate surface area is 126 Å². The van der Waals surface area contributed by atoms with Gasteiger partial charge >= 0.3 is 0 Å². The minimum Gasteiger partial charge on any atom is -0.349 e. The van der Waals surface area contributed by atoms with Gasteiger partial charge in [0.05, 0.1) is 9.40 Å². The molecule has 0 heterocycles. The van der Waals surface area contributed by atoms with Crippen LogP contribution in [0.1, 0.15) is 43.0 Å². The largest absolute Gasteiger partial charge is 0.349 e. The Balaban J connectivity index is 2.13. The van der Waals surface area contributed by atoms with E-state index in [4.69, 9.17) is 0 Å². The lowest BCUT2D eigenvalue weighted by Gasteiger charge is -2.29. The molecule has 108 valence electrons. The molecule has 0 spiro atoms. The molecule has 1 aliphatic rings. The Hall–Kier alpha value is -1.43. The third-order valence-electron chi connectivity index (χ3n) is 3.83. The minimum absolute atomic E-state index is 0.0886. The number of halogens is 1. The van der Waals surface area contributed by atoms with Gasteiger partial charge in [-0.1, -0.05) is 19.8 Å². The highest BCUT2D eigenvalue weighted by molar-refractivity contribution is 9.10. The predicted octanol–water partition coefficient (Wildman–Crippen LogP) is 3.67. The van der Waals surface area contributed by atoms with Gasteiger partial charge in [-0.15, -0.1) is 0 Å². The summed E-state index contributed by atoms with van der Waals surface area (Å²) >= 11 is 3.11. The molecule has 0 aromatic heterocycles. The van der Waals surface area contributed by atoms with Crippen LogP contribution in [0.5, 0.6) is 0 Å². The molecule has 1 N–H and O–H groups in total. The van der Waals surface area contributed by atoms with Crippen molar-refractivity contribution in [2.45, 2.75) is 38.6 Å². The third kappa shape index (κ3) is 3.36. The van der Waals surface area contributed by atoms with E-state index in [9.17, 15) is 14.9 Å². The van der Waals surface area contributed by atoms with Crippen molar-refractivity contribution >= 4 is 27.5 Å². The van der Waals surface area contributed by atoms with Crippen LogP contribution < -0.4 is 5.32 Å². The second kappa shape index (κ2) is 6.35. The number of rotatable bonds is 3. The SMILES string of the molecule is C[C@@H]1CCCC[C@@H]1NC(=O)c1ccc(Br)c([N+](=O)[O-])c1. The molecule has 2 rings (SSSR count). The number of benzene rings is 1. The second-order valence-corrected chi connectivity index (χ2v) is 6.12. The second-order valence-electron chi connectivity index (χ2n) is 5.26. The van der Waals surface area contributed by atoms with Crippen LogP contribution in [-0.4, -0.2) is 16.9 Å². The van der Waals surface area contributed by atoms with Crippen molar-refractivity contribution in [3.05, 3.63) is 38.3 Å². The van der Waals surface area contributed by atoms with Gasteiger partial charge in [0.1, 0.15) is 0 Å². The normalized spacial score (nSPS) is 22.3. The lowest BCUT2D eigenvalue weighted by Crippen LogP contribution is -2.41. The summed E-state index contributed by atoms with van der Waals surface area (Å²) < 4.78 is 0.380. The maximum absolute atomic E-state index is 12.2. The van der Waals surface area contributed by atoms with E-state index in [1.165, 1.54) is 18.6 Å². The number of nitrogens with one attached hydrogen (secondary N) is 1. The molecule has 1 aliphatic carbocycles. The average molecular weight is 341 g/mol. The minimum atomic E-state index is -0.496. The highest BCUT2D eigenvalue weighted by atomic mass is 79.9. The number of carbonyl (C=O) groups is 1. The number of hydrogen-bond donors (Lipinski definition) is 1. The number of nitro benzene ring substituents is 1. The lowest BCUT2D eigenvalue weighted by atomic mass is 9.86. The number of nitro groups is 1. The van der Waals surface area contributed by atoms with Crippen LogP contribution in [0.2, 0.25) is 0 Å². The maximum atomic E-state index is 12.2. The molecule has 2 atom stereocenters. The van der Waals surface area contributed by atoms with E-state index >= 15 is 0 Å². The molecule has 1 aromatic rings. The Kier molecular flexibility index (Phi) is 4.75. The van der Waals surface area contributed by atoms with Gasteiger partial charge in [-0.25, -0.2) is 0 Å². The Morgan fingerprint density at radius 3 is 2.75 bits per heavy atom. The molecule has 1 saturated carbocycles. The first-order valence-electron chi connectivity index (χ1n) is 6.74. The van der Waals surface area contributed by atoms with Gasteiger partial charge in [-0.3, -0.25) is 14.9 Å². The van der Waals surface area contributed by atoms with E-state index in [0.29, 0.717) is 16.0 Å². The van der Waals surface area contributed by atoms with Crippen molar-refractivity contribution in [1.29, 1.82) is 0 Å². The molecule has 5 nitrogen and oxygen atoms in total. The maximum Gasteiger partial charge on any atom is 0.284 e. The summed E-state index contributed by atoms with van der Waals surface area (Å²) in [6.45, 7) is 2.13. The Bertz CT molecular complexity index is 533. The fraction of sp³-hybridized carbons (Fsp3) is 0.500. The predicted molar refractivity (Wildman–Crippen MR) is 79.7 cm³/mol. The first-order valence-corrected chi connectivity index (χ1v) is 7.53. The van der Waals surface area contributed by atoms with E-state index < -0.39 is 4.92 Å². The van der Waals surface area contributed by atoms with Crippen LogP contribution in [0.15, 0.2) is 22.7 Å². The molecular formula is C14H17BrN2O3. The standard InChI is InChI=1S/C14H17BrN2O3/c1-9-4-2-3-5-12(9)16-14(18)10-6-7-11(15)13(8-10)17(19)20/h6-9,12H,2-5H2,1H3,(H,16,18)/t9-,12+/m1/s1. The van der Waals surface area contributed by atoms with Crippen LogP contribution in [0.4, 0.5) is 5.69 Å². The first kappa shape index (κ1) is 15.0. The fourth-order valence-electron chi connectivity index (χ4n) is 2.58. The van der Waals surface area contributed by atoms with Crippen molar-refractivity contribution in [2.75, 3.05) is 0 Å². The average Bonchev–Trinajstić information content (AvgIpc) is 2.41. The summed E-state index contributed by atoms with van der Waals surface area (Å²) in [5.74, 6) is 0.220. The van der Waals surface area contributed by atoms with E-state index in [-0.39, 0.29) is 17.6 Å². The monoisotopic (exact) mass is 340 g/mol. The number of carbonyl (C=O) groups excluding carboxylic acids is 1. The van der Waals surface area contributed by atoms with Gasteiger partial charge in [0, 0.05) is 17.7 Å². The fourth-order valence-corrected chi connectivity index (χ4v) is 2.97. The first-order chi connectivity index (χ1) is 9.49. The van der Waals surface area contributed by atoms with Gasteiger partial charge in [0.2, 0.25) is 0 Å². The topological polar surface area (TPSA) is 72.2 Å². The molecule has 0 unspecified atom stereocenters. The van der Waals surface area contributed by atoms with Crippen LogP contribution >= 0.6 is 15.9 Å². The quantitative estimate of drug-likeness (QED) is 0.673. The van der Waals surface area contributed by atoms with Gasteiger partial charge < -0.3 is 5.32 Å². The van der Waals surface area contributed by atoms with Gasteiger partial charge in [0.25, 0.3) is 11.6 Å². The van der Waals surface area contributed by atoms with E-state index in [1.807, 2.05) is 0 Å². The molecule has 1 aromatic carbocycles. The molecule has 0 radical (unpaired) electrons. The molecule has 0 saturated heterocycles. The summed E-state index contributed by atoms with van der Waals surface area (Å²) in [6, 6.07) is 4.61. The number of nitrogens with zero attached hydrogens (tertiary/aromatic N) is 1. The number of hydrogen-bond acceptors (Lipinski definition) is 3. The van der Waals surface area contributed by atoms with E-state index in [1.54, 1.807) is 6.07 Å². The van der Waals surface area contributed by atoms with Crippen molar-refractivity contribution in [2.24, 2.45) is 5.92 Å². The van der Waals surface area contributed by atoms with E-state index in [0.717, 1.165) is 19.3 Å². The zero-order valence-electron chi connectivity index (χ0n) is 11.3. The summed E-state index contributed by atoms with van der Waals surface area (Å²) in [4.78, 5) is 22.6. The molecule has 1 amide bonds. The highest BCUT2D eigenvalue weighted by Gasteiger charge is 2.24. The molecule has 0 aliphatic heterocycles. The third-order valence-corrected chi connectivity index (χ3v) is 4.50. The number of amides is 1. The zero-order valence-corrected chi connectivity index (χ0v) is 12.9. The smallest absolute Gasteiger partial charge is 0.284 e. The van der Waals surface area contributed by atoms with Crippen LogP contribution in [0.3, 0.4) is 0 Å². The Morgan fingerprint density at radius 2 is 2.10 bits per heavy atom. The van der Waals surface area contributed by atoms with Crippen LogP contribution in [-0.2, 0) is 0 Å². The molecule has 0 bridgehead atoms. The molecule has 20 heavy (non-hydrogen) atoms. The lowest BCUT2D eigenvalue weighted by molar-refractivity contribution is -0.385. The van der Waals surface area contributed by atoms with Crippen LogP contribution in [0.25, 0.3) is 0 Å². The van der Waals surface area contributed by atoms with Crippen molar-refractivity contribution in [3.8, 4) is 0 Å². The molecule has 6 heteroatoms. The zero-order chi connectivity index (χ0) is 14.7. The van der Waals surface area contributed by atoms with Crippen LogP contribution in [0, 0.1) is 16.0 Å². The van der Waals surface area contributed by atoms with Gasteiger partial charge in [-0.2, -0.15) is 0 Å². The summed E-state index contributed by atoms with van der Waals surface area (Å²) in [6.07, 6.45) is 4.42. The van der Waals surface area contributed by atoms with Gasteiger partial charge in [0.15, 0.2) is 0 Å². The highest BCUT2D eigenvalue weighted by Crippen LogP contribution is 2.27. The Morgan fingerprint density at radius 1 is 1.40 bits per heavy atom. The van der Waals surface area contributed by atoms with Crippen molar-refractivity contribution in [1.82, 2.24) is 5.32 Å². The van der Waals surface area contributed by atoms with Gasteiger partial charge in [-0.05, 0) is 46.8 Å². The summed E-state index contributed by atoms with van der Waals surface area (Å²) in [7, 11) is 0. The summed E-state index contributed by atoms with van der Waals surface area (Å²) in [5.41, 5.74) is 0.243. The summed E-state index contributed by atoms with van der Waals surface area (Å²) in [5, 5.41) is 13.9. The molecule has 1 fully saturated rings.